The highest BCUT2D eigenvalue weighted by atomic mass is 16.6. The fraction of sp³-hybridized carbons (Fsp3) is 0.308. The molecule has 0 amide bonds. The van der Waals surface area contributed by atoms with Crippen LogP contribution in [0.3, 0.4) is 0 Å². The van der Waals surface area contributed by atoms with Gasteiger partial charge in [-0.1, -0.05) is 19.4 Å². The minimum absolute atomic E-state index is 0.0659. The second-order valence-electron chi connectivity index (χ2n) is 4.47. The lowest BCUT2D eigenvalue weighted by molar-refractivity contribution is -0.384. The van der Waals surface area contributed by atoms with Crippen molar-refractivity contribution >= 4 is 11.5 Å². The summed E-state index contributed by atoms with van der Waals surface area (Å²) in [7, 11) is 0. The third kappa shape index (κ3) is 2.42. The summed E-state index contributed by atoms with van der Waals surface area (Å²) in [5, 5.41) is 17.8. The molecule has 0 aliphatic heterocycles. The van der Waals surface area contributed by atoms with Crippen molar-refractivity contribution in [3.63, 3.8) is 0 Å². The van der Waals surface area contributed by atoms with E-state index in [9.17, 15) is 10.1 Å². The number of nitrogen functional groups attached to an aromatic ring is 1. The van der Waals surface area contributed by atoms with E-state index in [-0.39, 0.29) is 5.69 Å². The van der Waals surface area contributed by atoms with Crippen molar-refractivity contribution in [2.75, 3.05) is 5.73 Å². The van der Waals surface area contributed by atoms with E-state index < -0.39 is 4.92 Å². The standard InChI is InChI=1S/C13H16N4O2/c1-3-4-10-12(15-16-13(10)14)11-7-9(17(18)19)6-5-8(11)2/h5-7H,3-4H2,1-2H3,(H3,14,15,16). The average Bonchev–Trinajstić information content (AvgIpc) is 2.72. The Labute approximate surface area is 110 Å². The fourth-order valence-corrected chi connectivity index (χ4v) is 2.10. The number of rotatable bonds is 4. The van der Waals surface area contributed by atoms with Crippen LogP contribution in [0.15, 0.2) is 18.2 Å². The molecule has 0 atom stereocenters. The van der Waals surface area contributed by atoms with Gasteiger partial charge in [-0.25, -0.2) is 0 Å². The summed E-state index contributed by atoms with van der Waals surface area (Å²) in [4.78, 5) is 10.5. The number of nitro groups is 1. The summed E-state index contributed by atoms with van der Waals surface area (Å²) in [6.07, 6.45) is 1.73. The first-order valence-electron chi connectivity index (χ1n) is 6.12. The molecule has 2 rings (SSSR count). The lowest BCUT2D eigenvalue weighted by Gasteiger charge is -2.06. The number of aryl methyl sites for hydroxylation is 1. The van der Waals surface area contributed by atoms with E-state index in [0.717, 1.165) is 35.2 Å². The smallest absolute Gasteiger partial charge is 0.270 e. The van der Waals surface area contributed by atoms with Crippen LogP contribution in [-0.4, -0.2) is 15.1 Å². The number of non-ortho nitro benzene ring substituents is 1. The summed E-state index contributed by atoms with van der Waals surface area (Å²) in [6, 6.07) is 4.79. The zero-order chi connectivity index (χ0) is 14.0. The van der Waals surface area contributed by atoms with Crippen molar-refractivity contribution in [3.05, 3.63) is 39.4 Å². The van der Waals surface area contributed by atoms with E-state index >= 15 is 0 Å². The minimum Gasteiger partial charge on any atom is -0.382 e. The molecule has 0 fully saturated rings. The number of aromatic nitrogens is 2. The Kier molecular flexibility index (Phi) is 3.50. The molecule has 1 aromatic carbocycles. The third-order valence-electron chi connectivity index (χ3n) is 3.10. The van der Waals surface area contributed by atoms with Gasteiger partial charge in [-0.3, -0.25) is 15.2 Å². The number of anilines is 1. The summed E-state index contributed by atoms with van der Waals surface area (Å²) < 4.78 is 0. The molecule has 0 aliphatic rings. The Hall–Kier alpha value is -2.37. The van der Waals surface area contributed by atoms with Crippen LogP contribution in [-0.2, 0) is 6.42 Å². The molecule has 1 heterocycles. The molecule has 19 heavy (non-hydrogen) atoms. The largest absolute Gasteiger partial charge is 0.382 e. The molecule has 100 valence electrons. The van der Waals surface area contributed by atoms with E-state index in [1.54, 1.807) is 12.1 Å². The second kappa shape index (κ2) is 5.09. The molecule has 0 saturated carbocycles. The Morgan fingerprint density at radius 1 is 1.47 bits per heavy atom. The van der Waals surface area contributed by atoms with Gasteiger partial charge in [-0.15, -0.1) is 0 Å². The lowest BCUT2D eigenvalue weighted by Crippen LogP contribution is -1.95. The molecule has 6 nitrogen and oxygen atoms in total. The van der Waals surface area contributed by atoms with Crippen LogP contribution in [0.25, 0.3) is 11.3 Å². The fourth-order valence-electron chi connectivity index (χ4n) is 2.10. The molecular weight excluding hydrogens is 244 g/mol. The first kappa shape index (κ1) is 13.1. The van der Waals surface area contributed by atoms with Crippen LogP contribution in [0, 0.1) is 17.0 Å². The van der Waals surface area contributed by atoms with Crippen LogP contribution in [0.1, 0.15) is 24.5 Å². The number of aromatic amines is 1. The lowest BCUT2D eigenvalue weighted by atomic mass is 9.99. The molecule has 6 heteroatoms. The molecule has 2 aromatic rings. The second-order valence-corrected chi connectivity index (χ2v) is 4.47. The quantitative estimate of drug-likeness (QED) is 0.652. The number of benzene rings is 1. The third-order valence-corrected chi connectivity index (χ3v) is 3.10. The highest BCUT2D eigenvalue weighted by molar-refractivity contribution is 5.72. The predicted molar refractivity (Wildman–Crippen MR) is 73.8 cm³/mol. The van der Waals surface area contributed by atoms with Gasteiger partial charge in [0.05, 0.1) is 10.6 Å². The van der Waals surface area contributed by atoms with Gasteiger partial charge in [0, 0.05) is 23.3 Å². The van der Waals surface area contributed by atoms with Crippen LogP contribution >= 0.6 is 0 Å². The van der Waals surface area contributed by atoms with Gasteiger partial charge in [-0.05, 0) is 18.9 Å². The minimum atomic E-state index is -0.401. The van der Waals surface area contributed by atoms with E-state index in [2.05, 4.69) is 17.1 Å². The van der Waals surface area contributed by atoms with Gasteiger partial charge in [0.15, 0.2) is 0 Å². The number of nitrogens with one attached hydrogen (secondary N) is 1. The molecule has 0 aliphatic carbocycles. The monoisotopic (exact) mass is 260 g/mol. The summed E-state index contributed by atoms with van der Waals surface area (Å²) >= 11 is 0. The zero-order valence-corrected chi connectivity index (χ0v) is 10.9. The molecule has 0 unspecified atom stereocenters. The highest BCUT2D eigenvalue weighted by Crippen LogP contribution is 2.31. The maximum Gasteiger partial charge on any atom is 0.270 e. The Bertz CT molecular complexity index is 619. The van der Waals surface area contributed by atoms with Crippen LogP contribution in [0.2, 0.25) is 0 Å². The van der Waals surface area contributed by atoms with Gasteiger partial charge in [0.25, 0.3) is 5.69 Å². The van der Waals surface area contributed by atoms with Gasteiger partial charge < -0.3 is 5.73 Å². The van der Waals surface area contributed by atoms with Crippen LogP contribution in [0.5, 0.6) is 0 Å². The maximum atomic E-state index is 10.9. The van der Waals surface area contributed by atoms with Gasteiger partial charge in [-0.2, -0.15) is 5.10 Å². The van der Waals surface area contributed by atoms with Gasteiger partial charge in [0.1, 0.15) is 5.82 Å². The van der Waals surface area contributed by atoms with Crippen LogP contribution in [0.4, 0.5) is 11.5 Å². The Morgan fingerprint density at radius 3 is 2.84 bits per heavy atom. The topological polar surface area (TPSA) is 97.8 Å². The van der Waals surface area contributed by atoms with Crippen molar-refractivity contribution in [3.8, 4) is 11.3 Å². The molecule has 0 spiro atoms. The van der Waals surface area contributed by atoms with Crippen molar-refractivity contribution in [2.45, 2.75) is 26.7 Å². The van der Waals surface area contributed by atoms with Crippen molar-refractivity contribution in [2.24, 2.45) is 0 Å². The molecule has 0 bridgehead atoms. The number of nitrogens with zero attached hydrogens (tertiary/aromatic N) is 2. The van der Waals surface area contributed by atoms with E-state index in [1.165, 1.54) is 6.07 Å². The van der Waals surface area contributed by atoms with E-state index in [4.69, 9.17) is 5.73 Å². The molecule has 0 saturated heterocycles. The SMILES string of the molecule is CCCc1c(N)n[nH]c1-c1cc([N+](=O)[O-])ccc1C. The average molecular weight is 260 g/mol. The van der Waals surface area contributed by atoms with Gasteiger partial charge >= 0.3 is 0 Å². The number of nitro benzene ring substituents is 1. The van der Waals surface area contributed by atoms with Crippen LogP contribution < -0.4 is 5.73 Å². The highest BCUT2D eigenvalue weighted by Gasteiger charge is 2.16. The number of hydrogen-bond donors (Lipinski definition) is 2. The molecule has 1 aromatic heterocycles. The Morgan fingerprint density at radius 2 is 2.21 bits per heavy atom. The maximum absolute atomic E-state index is 10.9. The first-order valence-corrected chi connectivity index (χ1v) is 6.12. The summed E-state index contributed by atoms with van der Waals surface area (Å²) in [5.74, 6) is 0.461. The number of H-pyrrole nitrogens is 1. The van der Waals surface area contributed by atoms with Gasteiger partial charge in [0.2, 0.25) is 0 Å². The molecular formula is C13H16N4O2. The first-order chi connectivity index (χ1) is 9.04. The van der Waals surface area contributed by atoms with Crippen molar-refractivity contribution in [1.82, 2.24) is 10.2 Å². The Balaban J connectivity index is 2.58. The zero-order valence-electron chi connectivity index (χ0n) is 10.9. The molecule has 3 N–H and O–H groups in total. The van der Waals surface area contributed by atoms with Crippen molar-refractivity contribution in [1.29, 1.82) is 0 Å². The summed E-state index contributed by atoms with van der Waals surface area (Å²) in [5.41, 5.74) is 9.33. The molecule has 0 radical (unpaired) electrons. The van der Waals surface area contributed by atoms with E-state index in [1.807, 2.05) is 6.92 Å². The number of hydrogen-bond acceptors (Lipinski definition) is 4. The number of nitrogens with two attached hydrogens (primary N) is 1. The van der Waals surface area contributed by atoms with Crippen molar-refractivity contribution < 1.29 is 4.92 Å². The summed E-state index contributed by atoms with van der Waals surface area (Å²) in [6.45, 7) is 3.96. The normalized spacial score (nSPS) is 10.6. The van der Waals surface area contributed by atoms with E-state index in [0.29, 0.717) is 5.82 Å². The predicted octanol–water partition coefficient (Wildman–Crippen LogP) is 2.83.